The van der Waals surface area contributed by atoms with E-state index in [1.54, 1.807) is 13.3 Å². The molecule has 0 aliphatic heterocycles. The molecule has 2 aromatic rings. The van der Waals surface area contributed by atoms with Crippen molar-refractivity contribution in [2.24, 2.45) is 0 Å². The second kappa shape index (κ2) is 5.79. The van der Waals surface area contributed by atoms with Gasteiger partial charge in [0, 0.05) is 0 Å². The molecule has 1 atom stereocenters. The number of nitrogens with zero attached hydrogens (tertiary/aromatic N) is 2. The van der Waals surface area contributed by atoms with E-state index in [9.17, 15) is 0 Å². The molecule has 20 heavy (non-hydrogen) atoms. The van der Waals surface area contributed by atoms with Crippen molar-refractivity contribution in [1.29, 1.82) is 0 Å². The van der Waals surface area contributed by atoms with Crippen LogP contribution in [0.1, 0.15) is 30.1 Å². The fraction of sp³-hybridized carbons (Fsp3) is 0.333. The van der Waals surface area contributed by atoms with Gasteiger partial charge in [-0.25, -0.2) is 4.98 Å². The molecular formula is C15H15BrN2O2. The average Bonchev–Trinajstić information content (AvgIpc) is 2.49. The standard InChI is InChI=1S/C15H15BrN2O2/c1-19-14-12(16)9-17-15(18-14)20-13-8-4-6-10-5-2-3-7-11(10)13/h2-3,5,7,9,13H,4,6,8H2,1H3. The zero-order chi connectivity index (χ0) is 13.9. The molecule has 1 heterocycles. The van der Waals surface area contributed by atoms with Crippen LogP contribution < -0.4 is 9.47 Å². The minimum Gasteiger partial charge on any atom is -0.480 e. The van der Waals surface area contributed by atoms with Crippen LogP contribution in [0.15, 0.2) is 34.9 Å². The lowest BCUT2D eigenvalue weighted by Crippen LogP contribution is -2.16. The van der Waals surface area contributed by atoms with Crippen LogP contribution in [0.25, 0.3) is 0 Å². The van der Waals surface area contributed by atoms with Crippen LogP contribution in [0.4, 0.5) is 0 Å². The lowest BCUT2D eigenvalue weighted by Gasteiger charge is -2.25. The minimum atomic E-state index is 0.0193. The van der Waals surface area contributed by atoms with Gasteiger partial charge in [0.1, 0.15) is 6.10 Å². The summed E-state index contributed by atoms with van der Waals surface area (Å²) in [6, 6.07) is 8.75. The van der Waals surface area contributed by atoms with E-state index >= 15 is 0 Å². The largest absolute Gasteiger partial charge is 0.480 e. The third kappa shape index (κ3) is 2.63. The zero-order valence-corrected chi connectivity index (χ0v) is 12.8. The van der Waals surface area contributed by atoms with Crippen LogP contribution in [-0.2, 0) is 6.42 Å². The first-order valence-corrected chi connectivity index (χ1v) is 7.38. The highest BCUT2D eigenvalue weighted by Crippen LogP contribution is 2.33. The summed E-state index contributed by atoms with van der Waals surface area (Å²) < 4.78 is 11.8. The summed E-state index contributed by atoms with van der Waals surface area (Å²) in [4.78, 5) is 8.45. The Hall–Kier alpha value is -1.62. The summed E-state index contributed by atoms with van der Waals surface area (Å²) in [6.45, 7) is 0. The Morgan fingerprint density at radius 2 is 2.15 bits per heavy atom. The Morgan fingerprint density at radius 3 is 3.00 bits per heavy atom. The van der Waals surface area contributed by atoms with E-state index in [0.29, 0.717) is 11.9 Å². The van der Waals surface area contributed by atoms with Gasteiger partial charge in [0.2, 0.25) is 5.88 Å². The minimum absolute atomic E-state index is 0.0193. The molecule has 0 saturated heterocycles. The molecule has 0 spiro atoms. The van der Waals surface area contributed by atoms with Gasteiger partial charge < -0.3 is 9.47 Å². The van der Waals surface area contributed by atoms with Crippen LogP contribution >= 0.6 is 15.9 Å². The monoisotopic (exact) mass is 334 g/mol. The van der Waals surface area contributed by atoms with Gasteiger partial charge in [-0.1, -0.05) is 24.3 Å². The Kier molecular flexibility index (Phi) is 3.87. The van der Waals surface area contributed by atoms with Crippen molar-refractivity contribution in [1.82, 2.24) is 9.97 Å². The first-order valence-electron chi connectivity index (χ1n) is 6.59. The highest BCUT2D eigenvalue weighted by atomic mass is 79.9. The van der Waals surface area contributed by atoms with E-state index in [0.717, 1.165) is 23.7 Å². The molecule has 0 fully saturated rings. The Morgan fingerprint density at radius 1 is 1.30 bits per heavy atom. The number of aryl methyl sites for hydroxylation is 1. The van der Waals surface area contributed by atoms with Crippen LogP contribution in [0.2, 0.25) is 0 Å². The predicted molar refractivity (Wildman–Crippen MR) is 79.0 cm³/mol. The number of hydrogen-bond donors (Lipinski definition) is 0. The van der Waals surface area contributed by atoms with Crippen LogP contribution in [0.3, 0.4) is 0 Å². The molecule has 5 heteroatoms. The fourth-order valence-corrected chi connectivity index (χ4v) is 2.85. The Balaban J connectivity index is 1.85. The van der Waals surface area contributed by atoms with Gasteiger partial charge in [0.05, 0.1) is 17.8 Å². The van der Waals surface area contributed by atoms with E-state index in [1.165, 1.54) is 11.1 Å². The quantitative estimate of drug-likeness (QED) is 0.858. The van der Waals surface area contributed by atoms with Crippen molar-refractivity contribution in [2.45, 2.75) is 25.4 Å². The Labute approximate surface area is 126 Å². The SMILES string of the molecule is COc1nc(OC2CCCc3ccccc32)ncc1Br. The molecule has 104 valence electrons. The average molecular weight is 335 g/mol. The summed E-state index contributed by atoms with van der Waals surface area (Å²) in [5, 5.41) is 0. The summed E-state index contributed by atoms with van der Waals surface area (Å²) in [6.07, 6.45) is 4.88. The van der Waals surface area contributed by atoms with Crippen molar-refractivity contribution >= 4 is 15.9 Å². The van der Waals surface area contributed by atoms with Gasteiger partial charge in [-0.15, -0.1) is 0 Å². The molecule has 1 aliphatic rings. The number of halogens is 1. The maximum atomic E-state index is 5.96. The van der Waals surface area contributed by atoms with E-state index in [4.69, 9.17) is 9.47 Å². The number of ether oxygens (including phenoxy) is 2. The van der Waals surface area contributed by atoms with Crippen molar-refractivity contribution in [3.05, 3.63) is 46.1 Å². The van der Waals surface area contributed by atoms with Crippen LogP contribution in [-0.4, -0.2) is 17.1 Å². The summed E-state index contributed by atoms with van der Waals surface area (Å²) in [5.74, 6) is 0.485. The summed E-state index contributed by atoms with van der Waals surface area (Å²) in [5.41, 5.74) is 2.59. The normalized spacial score (nSPS) is 17.4. The molecular weight excluding hydrogens is 320 g/mol. The van der Waals surface area contributed by atoms with Gasteiger partial charge in [0.15, 0.2) is 0 Å². The predicted octanol–water partition coefficient (Wildman–Crippen LogP) is 3.70. The smallest absolute Gasteiger partial charge is 0.320 e. The molecule has 1 aromatic carbocycles. The van der Waals surface area contributed by atoms with Gasteiger partial charge in [0.25, 0.3) is 0 Å². The molecule has 1 aliphatic carbocycles. The van der Waals surface area contributed by atoms with Crippen molar-refractivity contribution < 1.29 is 9.47 Å². The lowest BCUT2D eigenvalue weighted by atomic mass is 9.89. The summed E-state index contributed by atoms with van der Waals surface area (Å²) in [7, 11) is 1.58. The first-order chi connectivity index (χ1) is 9.78. The van der Waals surface area contributed by atoms with Gasteiger partial charge in [-0.2, -0.15) is 4.98 Å². The molecule has 0 saturated carbocycles. The lowest BCUT2D eigenvalue weighted by molar-refractivity contribution is 0.165. The van der Waals surface area contributed by atoms with E-state index in [2.05, 4.69) is 44.1 Å². The maximum Gasteiger partial charge on any atom is 0.320 e. The third-order valence-electron chi connectivity index (χ3n) is 3.45. The number of rotatable bonds is 3. The van der Waals surface area contributed by atoms with Crippen LogP contribution in [0.5, 0.6) is 11.9 Å². The zero-order valence-electron chi connectivity index (χ0n) is 11.2. The third-order valence-corrected chi connectivity index (χ3v) is 3.99. The van der Waals surface area contributed by atoms with Crippen molar-refractivity contribution in [3.8, 4) is 11.9 Å². The molecule has 0 bridgehead atoms. The van der Waals surface area contributed by atoms with Gasteiger partial charge in [-0.05, 0) is 46.3 Å². The van der Waals surface area contributed by atoms with E-state index in [-0.39, 0.29) is 6.10 Å². The number of fused-ring (bicyclic) bond motifs is 1. The van der Waals surface area contributed by atoms with Gasteiger partial charge in [-0.3, -0.25) is 0 Å². The summed E-state index contributed by atoms with van der Waals surface area (Å²) >= 11 is 3.34. The maximum absolute atomic E-state index is 5.96. The molecule has 0 amide bonds. The number of methoxy groups -OCH3 is 1. The highest BCUT2D eigenvalue weighted by Gasteiger charge is 2.22. The molecule has 0 radical (unpaired) electrons. The first kappa shape index (κ1) is 13.4. The fourth-order valence-electron chi connectivity index (χ4n) is 2.50. The van der Waals surface area contributed by atoms with E-state index < -0.39 is 0 Å². The number of benzene rings is 1. The van der Waals surface area contributed by atoms with Crippen LogP contribution in [0, 0.1) is 0 Å². The molecule has 0 N–H and O–H groups in total. The second-order valence-corrected chi connectivity index (χ2v) is 5.56. The number of aromatic nitrogens is 2. The van der Waals surface area contributed by atoms with E-state index in [1.807, 2.05) is 6.07 Å². The van der Waals surface area contributed by atoms with Gasteiger partial charge >= 0.3 is 6.01 Å². The second-order valence-electron chi connectivity index (χ2n) is 4.71. The highest BCUT2D eigenvalue weighted by molar-refractivity contribution is 9.10. The van der Waals surface area contributed by atoms with Crippen molar-refractivity contribution in [2.75, 3.05) is 7.11 Å². The molecule has 4 nitrogen and oxygen atoms in total. The molecule has 1 aromatic heterocycles. The molecule has 1 unspecified atom stereocenters. The number of hydrogen-bond acceptors (Lipinski definition) is 4. The molecule has 3 rings (SSSR count). The topological polar surface area (TPSA) is 44.2 Å². The van der Waals surface area contributed by atoms with Crippen molar-refractivity contribution in [3.63, 3.8) is 0 Å². The Bertz CT molecular complexity index is 619.